The van der Waals surface area contributed by atoms with Gasteiger partial charge in [-0.1, -0.05) is 30.3 Å². The maximum atomic E-state index is 12.8. The van der Waals surface area contributed by atoms with Gasteiger partial charge < -0.3 is 0 Å². The molecule has 4 bridgehead atoms. The van der Waals surface area contributed by atoms with Crippen LogP contribution in [0.3, 0.4) is 0 Å². The average Bonchev–Trinajstić information content (AvgIpc) is 2.58. The number of nitrogens with one attached hydrogen (secondary N) is 2. The van der Waals surface area contributed by atoms with Gasteiger partial charge >= 0.3 is 0 Å². The van der Waals surface area contributed by atoms with Crippen molar-refractivity contribution >= 4 is 22.0 Å². The lowest BCUT2D eigenvalue weighted by Gasteiger charge is -2.55. The number of hydrazine groups is 1. The van der Waals surface area contributed by atoms with Crippen LogP contribution in [-0.2, 0) is 14.8 Å². The topological polar surface area (TPSA) is 75.3 Å². The first-order valence-electron chi connectivity index (χ1n) is 8.99. The van der Waals surface area contributed by atoms with E-state index in [2.05, 4.69) is 10.3 Å². The first kappa shape index (κ1) is 16.8. The van der Waals surface area contributed by atoms with Crippen molar-refractivity contribution < 1.29 is 13.2 Å². The molecule has 134 valence electrons. The van der Waals surface area contributed by atoms with Crippen molar-refractivity contribution in [2.24, 2.45) is 23.2 Å². The van der Waals surface area contributed by atoms with E-state index in [0.29, 0.717) is 17.8 Å². The fraction of sp³-hybridized carbons (Fsp3) is 0.526. The highest BCUT2D eigenvalue weighted by Crippen LogP contribution is 2.60. The average molecular weight is 360 g/mol. The molecule has 0 spiro atoms. The fourth-order valence-electron chi connectivity index (χ4n) is 5.41. The Balaban J connectivity index is 1.39. The van der Waals surface area contributed by atoms with Gasteiger partial charge in [0.15, 0.2) is 0 Å². The number of carbonyl (C=O) groups is 1. The third-order valence-corrected chi connectivity index (χ3v) is 6.95. The highest BCUT2D eigenvalue weighted by molar-refractivity contribution is 7.92. The standard InChI is InChI=1S/C19H24N2O3S/c22-18(19-11-15-8-16(12-19)10-17(9-15)13-19)20-21-25(23,24)7-6-14-4-2-1-3-5-14/h1-7,15-17,21H,8-13H2,(H,20,22)/b7-6+. The van der Waals surface area contributed by atoms with Crippen LogP contribution >= 0.6 is 0 Å². The lowest BCUT2D eigenvalue weighted by atomic mass is 9.49. The summed E-state index contributed by atoms with van der Waals surface area (Å²) in [5.74, 6) is 1.79. The van der Waals surface area contributed by atoms with Crippen LogP contribution in [0.4, 0.5) is 0 Å². The van der Waals surface area contributed by atoms with E-state index in [1.54, 1.807) is 0 Å². The first-order valence-corrected chi connectivity index (χ1v) is 10.5. The van der Waals surface area contributed by atoms with E-state index in [9.17, 15) is 13.2 Å². The molecule has 5 nitrogen and oxygen atoms in total. The zero-order valence-electron chi connectivity index (χ0n) is 14.1. The van der Waals surface area contributed by atoms with E-state index in [-0.39, 0.29) is 11.3 Å². The molecule has 0 radical (unpaired) electrons. The predicted octanol–water partition coefficient (Wildman–Crippen LogP) is 2.82. The van der Waals surface area contributed by atoms with Crippen molar-refractivity contribution in [3.8, 4) is 0 Å². The molecule has 6 heteroatoms. The van der Waals surface area contributed by atoms with Gasteiger partial charge in [0.2, 0.25) is 5.91 Å². The van der Waals surface area contributed by atoms with Gasteiger partial charge in [-0.25, -0.2) is 8.42 Å². The summed E-state index contributed by atoms with van der Waals surface area (Å²) >= 11 is 0. The fourth-order valence-corrected chi connectivity index (χ4v) is 6.04. The molecule has 0 heterocycles. The van der Waals surface area contributed by atoms with Gasteiger partial charge in [-0.15, -0.1) is 4.83 Å². The number of benzene rings is 1. The third-order valence-electron chi connectivity index (χ3n) is 6.07. The van der Waals surface area contributed by atoms with E-state index in [1.165, 1.54) is 25.3 Å². The summed E-state index contributed by atoms with van der Waals surface area (Å²) in [4.78, 5) is 15.0. The van der Waals surface area contributed by atoms with Crippen molar-refractivity contribution in [2.75, 3.05) is 0 Å². The summed E-state index contributed by atoms with van der Waals surface area (Å²) in [5.41, 5.74) is 2.92. The Morgan fingerprint density at radius 1 is 1.00 bits per heavy atom. The van der Waals surface area contributed by atoms with Crippen molar-refractivity contribution in [3.63, 3.8) is 0 Å². The number of carbonyl (C=O) groups excluding carboxylic acids is 1. The van der Waals surface area contributed by atoms with Gasteiger partial charge in [0.05, 0.1) is 5.41 Å². The van der Waals surface area contributed by atoms with Crippen LogP contribution < -0.4 is 10.3 Å². The Hall–Kier alpha value is -1.66. The number of hydrogen-bond acceptors (Lipinski definition) is 3. The van der Waals surface area contributed by atoms with Crippen LogP contribution in [0.2, 0.25) is 0 Å². The molecule has 0 unspecified atom stereocenters. The second kappa shape index (κ2) is 6.25. The number of amides is 1. The smallest absolute Gasteiger partial charge is 0.250 e. The normalized spacial score (nSPS) is 33.7. The monoisotopic (exact) mass is 360 g/mol. The van der Waals surface area contributed by atoms with Gasteiger partial charge in [-0.2, -0.15) is 0 Å². The largest absolute Gasteiger partial charge is 0.277 e. The molecule has 1 aromatic carbocycles. The van der Waals surface area contributed by atoms with E-state index in [0.717, 1.165) is 30.2 Å². The van der Waals surface area contributed by atoms with E-state index in [4.69, 9.17) is 0 Å². The molecule has 25 heavy (non-hydrogen) atoms. The molecule has 0 aromatic heterocycles. The molecule has 4 aliphatic carbocycles. The Morgan fingerprint density at radius 2 is 1.56 bits per heavy atom. The SMILES string of the molecule is O=C(NNS(=O)(=O)/C=C/c1ccccc1)C12CC3CC(CC(C3)C1)C2. The zero-order valence-corrected chi connectivity index (χ0v) is 15.0. The molecule has 2 N–H and O–H groups in total. The summed E-state index contributed by atoms with van der Waals surface area (Å²) < 4.78 is 24.2. The lowest BCUT2D eigenvalue weighted by molar-refractivity contribution is -0.146. The second-order valence-corrected chi connectivity index (χ2v) is 9.58. The Labute approximate surface area is 148 Å². The summed E-state index contributed by atoms with van der Waals surface area (Å²) in [6.07, 6.45) is 7.98. The molecule has 1 amide bonds. The van der Waals surface area contributed by atoms with E-state index in [1.807, 2.05) is 30.3 Å². The number of sulfonamides is 1. The second-order valence-electron chi connectivity index (χ2n) is 8.01. The van der Waals surface area contributed by atoms with Crippen molar-refractivity contribution in [3.05, 3.63) is 41.3 Å². The molecule has 0 saturated heterocycles. The van der Waals surface area contributed by atoms with E-state index < -0.39 is 10.0 Å². The highest BCUT2D eigenvalue weighted by atomic mass is 32.2. The minimum atomic E-state index is -3.71. The van der Waals surface area contributed by atoms with Crippen molar-refractivity contribution in [1.82, 2.24) is 10.3 Å². The highest BCUT2D eigenvalue weighted by Gasteiger charge is 2.54. The first-order chi connectivity index (χ1) is 11.9. The van der Waals surface area contributed by atoms with Crippen LogP contribution in [0, 0.1) is 23.2 Å². The summed E-state index contributed by atoms with van der Waals surface area (Å²) in [7, 11) is -3.71. The summed E-state index contributed by atoms with van der Waals surface area (Å²) in [6.45, 7) is 0. The van der Waals surface area contributed by atoms with Crippen molar-refractivity contribution in [1.29, 1.82) is 0 Å². The number of hydrogen-bond donors (Lipinski definition) is 2. The zero-order chi connectivity index (χ0) is 17.5. The minimum Gasteiger partial charge on any atom is -0.277 e. The minimum absolute atomic E-state index is 0.150. The molecule has 4 saturated carbocycles. The van der Waals surface area contributed by atoms with Crippen molar-refractivity contribution in [2.45, 2.75) is 38.5 Å². The molecule has 4 aliphatic rings. The van der Waals surface area contributed by atoms with Crippen LogP contribution in [-0.4, -0.2) is 14.3 Å². The predicted molar refractivity (Wildman–Crippen MR) is 96.3 cm³/mol. The summed E-state index contributed by atoms with van der Waals surface area (Å²) in [5, 5.41) is 1.09. The Kier molecular flexibility index (Phi) is 4.20. The molecule has 0 atom stereocenters. The van der Waals surface area contributed by atoms with Gasteiger partial charge in [0, 0.05) is 5.41 Å². The molecule has 4 fully saturated rings. The van der Waals surface area contributed by atoms with Crippen LogP contribution in [0.5, 0.6) is 0 Å². The maximum absolute atomic E-state index is 12.8. The van der Waals surface area contributed by atoms with Crippen LogP contribution in [0.1, 0.15) is 44.1 Å². The molecule has 1 aromatic rings. The van der Waals surface area contributed by atoms with Gasteiger partial charge in [0.1, 0.15) is 0 Å². The molecular formula is C19H24N2O3S. The van der Waals surface area contributed by atoms with Gasteiger partial charge in [-0.05, 0) is 67.9 Å². The third kappa shape index (κ3) is 3.51. The van der Waals surface area contributed by atoms with Crippen LogP contribution in [0.15, 0.2) is 35.7 Å². The molecule has 5 rings (SSSR count). The van der Waals surface area contributed by atoms with Crippen LogP contribution in [0.25, 0.3) is 6.08 Å². The van der Waals surface area contributed by atoms with E-state index >= 15 is 0 Å². The Bertz CT molecular complexity index is 751. The molecular weight excluding hydrogens is 336 g/mol. The maximum Gasteiger partial charge on any atom is 0.250 e. The quantitative estimate of drug-likeness (QED) is 0.793. The number of rotatable bonds is 5. The lowest BCUT2D eigenvalue weighted by Crippen LogP contribution is -2.56. The Morgan fingerprint density at radius 3 is 2.12 bits per heavy atom. The molecule has 0 aliphatic heterocycles. The van der Waals surface area contributed by atoms with Gasteiger partial charge in [-0.3, -0.25) is 10.2 Å². The van der Waals surface area contributed by atoms with Gasteiger partial charge in [0.25, 0.3) is 10.0 Å². The summed E-state index contributed by atoms with van der Waals surface area (Å²) in [6, 6.07) is 9.19.